The van der Waals surface area contributed by atoms with Crippen LogP contribution in [0.4, 0.5) is 0 Å². The van der Waals surface area contributed by atoms with Gasteiger partial charge in [-0.25, -0.2) is 0 Å². The van der Waals surface area contributed by atoms with Crippen molar-refractivity contribution in [3.8, 4) is 0 Å². The molecule has 1 rings (SSSR count). The number of hydrogen-bond acceptors (Lipinski definition) is 2. The lowest BCUT2D eigenvalue weighted by Crippen LogP contribution is -2.36. The van der Waals surface area contributed by atoms with Crippen LogP contribution >= 0.6 is 11.6 Å². The number of rotatable bonds is 10. The second-order valence-electron chi connectivity index (χ2n) is 5.25. The van der Waals surface area contributed by atoms with Gasteiger partial charge in [0.25, 0.3) is 0 Å². The Kier molecular flexibility index (Phi) is 8.89. The fourth-order valence-electron chi connectivity index (χ4n) is 2.32. The molecule has 0 saturated carbocycles. The van der Waals surface area contributed by atoms with Crippen LogP contribution in [0.25, 0.3) is 0 Å². The van der Waals surface area contributed by atoms with Gasteiger partial charge >= 0.3 is 0 Å². The van der Waals surface area contributed by atoms with E-state index in [1.54, 1.807) is 0 Å². The van der Waals surface area contributed by atoms with E-state index in [4.69, 9.17) is 17.4 Å². The molecular formula is C16H27ClN2. The Hall–Kier alpha value is -0.570. The highest BCUT2D eigenvalue weighted by atomic mass is 35.5. The minimum Gasteiger partial charge on any atom is -0.271 e. The van der Waals surface area contributed by atoms with Gasteiger partial charge in [0.2, 0.25) is 0 Å². The Morgan fingerprint density at radius 3 is 2.32 bits per heavy atom. The van der Waals surface area contributed by atoms with Crippen LogP contribution in [0.15, 0.2) is 24.3 Å². The Morgan fingerprint density at radius 1 is 1.05 bits per heavy atom. The lowest BCUT2D eigenvalue weighted by molar-refractivity contribution is 0.459. The van der Waals surface area contributed by atoms with Crippen molar-refractivity contribution in [1.82, 2.24) is 5.43 Å². The van der Waals surface area contributed by atoms with Gasteiger partial charge in [0.1, 0.15) is 0 Å². The van der Waals surface area contributed by atoms with Crippen LogP contribution in [-0.4, -0.2) is 6.04 Å². The number of hydrogen-bond donors (Lipinski definition) is 2. The first-order valence-electron chi connectivity index (χ1n) is 7.46. The molecule has 0 aromatic heterocycles. The van der Waals surface area contributed by atoms with E-state index in [0.717, 1.165) is 17.9 Å². The summed E-state index contributed by atoms with van der Waals surface area (Å²) in [5.74, 6) is 5.64. The normalized spacial score (nSPS) is 12.6. The van der Waals surface area contributed by atoms with Crippen molar-refractivity contribution in [2.45, 2.75) is 64.3 Å². The summed E-state index contributed by atoms with van der Waals surface area (Å²) in [5, 5.41) is 0.789. The third-order valence-electron chi connectivity index (χ3n) is 3.54. The number of nitrogens with two attached hydrogens (primary N) is 1. The van der Waals surface area contributed by atoms with Gasteiger partial charge in [-0.2, -0.15) is 0 Å². The third-order valence-corrected chi connectivity index (χ3v) is 3.79. The predicted molar refractivity (Wildman–Crippen MR) is 84.3 cm³/mol. The summed E-state index contributed by atoms with van der Waals surface area (Å²) in [5.41, 5.74) is 4.22. The molecule has 1 unspecified atom stereocenters. The van der Waals surface area contributed by atoms with Crippen molar-refractivity contribution in [3.63, 3.8) is 0 Å². The number of halogens is 1. The summed E-state index contributed by atoms with van der Waals surface area (Å²) in [7, 11) is 0. The molecule has 0 aliphatic heterocycles. The molecule has 0 aliphatic rings. The second-order valence-corrected chi connectivity index (χ2v) is 5.69. The maximum absolute atomic E-state index is 5.89. The van der Waals surface area contributed by atoms with E-state index in [0.29, 0.717) is 6.04 Å². The molecule has 1 atom stereocenters. The molecule has 3 N–H and O–H groups in total. The molecule has 0 aliphatic carbocycles. The number of nitrogens with one attached hydrogen (secondary N) is 1. The molecule has 19 heavy (non-hydrogen) atoms. The molecule has 108 valence electrons. The van der Waals surface area contributed by atoms with Gasteiger partial charge in [-0.1, -0.05) is 69.2 Å². The van der Waals surface area contributed by atoms with Gasteiger partial charge in [0.05, 0.1) is 0 Å². The maximum atomic E-state index is 5.89. The lowest BCUT2D eigenvalue weighted by Gasteiger charge is -2.15. The molecule has 0 bridgehead atoms. The minimum atomic E-state index is 0.368. The Labute approximate surface area is 122 Å². The number of hydrazine groups is 1. The highest BCUT2D eigenvalue weighted by molar-refractivity contribution is 6.30. The average molecular weight is 283 g/mol. The van der Waals surface area contributed by atoms with Crippen LogP contribution in [-0.2, 0) is 6.42 Å². The van der Waals surface area contributed by atoms with Gasteiger partial charge in [0, 0.05) is 11.1 Å². The summed E-state index contributed by atoms with van der Waals surface area (Å²) in [6.07, 6.45) is 10.1. The van der Waals surface area contributed by atoms with Crippen LogP contribution < -0.4 is 11.3 Å². The van der Waals surface area contributed by atoms with Crippen molar-refractivity contribution in [3.05, 3.63) is 34.9 Å². The van der Waals surface area contributed by atoms with E-state index < -0.39 is 0 Å². The van der Waals surface area contributed by atoms with Crippen LogP contribution in [0.3, 0.4) is 0 Å². The molecule has 0 saturated heterocycles. The molecule has 0 heterocycles. The number of unbranched alkanes of at least 4 members (excludes halogenated alkanes) is 5. The van der Waals surface area contributed by atoms with Crippen LogP contribution in [0.1, 0.15) is 57.4 Å². The highest BCUT2D eigenvalue weighted by Crippen LogP contribution is 2.14. The fraction of sp³-hybridized carbons (Fsp3) is 0.625. The van der Waals surface area contributed by atoms with Crippen molar-refractivity contribution < 1.29 is 0 Å². The molecule has 0 fully saturated rings. The third kappa shape index (κ3) is 7.56. The molecule has 2 nitrogen and oxygen atoms in total. The van der Waals surface area contributed by atoms with Crippen molar-refractivity contribution in [1.29, 1.82) is 0 Å². The van der Waals surface area contributed by atoms with E-state index in [1.807, 2.05) is 12.1 Å². The van der Waals surface area contributed by atoms with Crippen LogP contribution in [0, 0.1) is 0 Å². The van der Waals surface area contributed by atoms with Crippen LogP contribution in [0.2, 0.25) is 5.02 Å². The SMILES string of the molecule is CCCCCCCCC(Cc1ccc(Cl)cc1)NN. The quantitative estimate of drug-likeness (QED) is 0.378. The summed E-state index contributed by atoms with van der Waals surface area (Å²) < 4.78 is 0. The first kappa shape index (κ1) is 16.5. The Bertz CT molecular complexity index is 324. The molecule has 0 spiro atoms. The molecule has 0 radical (unpaired) electrons. The second kappa shape index (κ2) is 10.2. The predicted octanol–water partition coefficient (Wildman–Crippen LogP) is 4.47. The van der Waals surface area contributed by atoms with E-state index in [2.05, 4.69) is 24.5 Å². The first-order chi connectivity index (χ1) is 9.26. The summed E-state index contributed by atoms with van der Waals surface area (Å²) in [4.78, 5) is 0. The molecule has 0 amide bonds. The zero-order valence-electron chi connectivity index (χ0n) is 12.0. The fourth-order valence-corrected chi connectivity index (χ4v) is 2.45. The van der Waals surface area contributed by atoms with Crippen molar-refractivity contribution >= 4 is 11.6 Å². The lowest BCUT2D eigenvalue weighted by atomic mass is 10.00. The van der Waals surface area contributed by atoms with E-state index in [1.165, 1.54) is 44.1 Å². The van der Waals surface area contributed by atoms with Crippen LogP contribution in [0.5, 0.6) is 0 Å². The van der Waals surface area contributed by atoms with Gasteiger partial charge in [-0.05, 0) is 30.5 Å². The van der Waals surface area contributed by atoms with E-state index in [-0.39, 0.29) is 0 Å². The summed E-state index contributed by atoms with van der Waals surface area (Å²) in [6.45, 7) is 2.25. The molecule has 1 aromatic carbocycles. The minimum absolute atomic E-state index is 0.368. The molecule has 1 aromatic rings. The summed E-state index contributed by atoms with van der Waals surface area (Å²) >= 11 is 5.89. The van der Waals surface area contributed by atoms with Gasteiger partial charge in [-0.15, -0.1) is 0 Å². The standard InChI is InChI=1S/C16H27ClN2/c1-2-3-4-5-6-7-8-16(19-18)13-14-9-11-15(17)12-10-14/h9-12,16,19H,2-8,13,18H2,1H3. The van der Waals surface area contributed by atoms with Gasteiger partial charge in [-0.3, -0.25) is 11.3 Å². The Balaban J connectivity index is 2.20. The monoisotopic (exact) mass is 282 g/mol. The smallest absolute Gasteiger partial charge is 0.0406 e. The maximum Gasteiger partial charge on any atom is 0.0406 e. The molecular weight excluding hydrogens is 256 g/mol. The van der Waals surface area contributed by atoms with Crippen molar-refractivity contribution in [2.24, 2.45) is 5.84 Å². The van der Waals surface area contributed by atoms with E-state index >= 15 is 0 Å². The van der Waals surface area contributed by atoms with Gasteiger partial charge in [0.15, 0.2) is 0 Å². The van der Waals surface area contributed by atoms with Crippen molar-refractivity contribution in [2.75, 3.05) is 0 Å². The largest absolute Gasteiger partial charge is 0.271 e. The van der Waals surface area contributed by atoms with Gasteiger partial charge < -0.3 is 0 Å². The first-order valence-corrected chi connectivity index (χ1v) is 7.84. The highest BCUT2D eigenvalue weighted by Gasteiger charge is 2.07. The van der Waals surface area contributed by atoms with E-state index in [9.17, 15) is 0 Å². The number of benzene rings is 1. The zero-order chi connectivity index (χ0) is 13.9. The topological polar surface area (TPSA) is 38.0 Å². The molecule has 3 heteroatoms. The Morgan fingerprint density at radius 2 is 1.68 bits per heavy atom. The average Bonchev–Trinajstić information content (AvgIpc) is 2.43. The summed E-state index contributed by atoms with van der Waals surface area (Å²) in [6, 6.07) is 8.40. The zero-order valence-corrected chi connectivity index (χ0v) is 12.8.